The summed E-state index contributed by atoms with van der Waals surface area (Å²) >= 11 is 7.13. The SMILES string of the molecule is CC1(C)C(=O)N(c2ccc(C#N)c(C(F)(F)F)c2)C(=S)N1c1ccc2c(c1)SCC[C@H](CO)O2. The van der Waals surface area contributed by atoms with Crippen molar-refractivity contribution < 1.29 is 27.8 Å². The van der Waals surface area contributed by atoms with Crippen molar-refractivity contribution in [2.45, 2.75) is 43.0 Å². The van der Waals surface area contributed by atoms with E-state index >= 15 is 0 Å². The van der Waals surface area contributed by atoms with Gasteiger partial charge in [0, 0.05) is 11.4 Å². The second kappa shape index (κ2) is 8.76. The average Bonchev–Trinajstić information content (AvgIpc) is 2.92. The fourth-order valence-electron chi connectivity index (χ4n) is 3.97. The van der Waals surface area contributed by atoms with Gasteiger partial charge in [0.1, 0.15) is 17.4 Å². The van der Waals surface area contributed by atoms with E-state index in [9.17, 15) is 23.1 Å². The summed E-state index contributed by atoms with van der Waals surface area (Å²) < 4.78 is 46.4. The van der Waals surface area contributed by atoms with Crippen molar-refractivity contribution in [2.75, 3.05) is 22.2 Å². The Labute approximate surface area is 203 Å². The number of anilines is 2. The number of thioether (sulfide) groups is 1. The summed E-state index contributed by atoms with van der Waals surface area (Å²) in [7, 11) is 0. The van der Waals surface area contributed by atoms with Gasteiger partial charge in [0.15, 0.2) is 5.11 Å². The van der Waals surface area contributed by atoms with Gasteiger partial charge < -0.3 is 14.7 Å². The number of halogens is 3. The molecule has 1 N–H and O–H groups in total. The van der Waals surface area contributed by atoms with Crippen LogP contribution in [0.2, 0.25) is 0 Å². The summed E-state index contributed by atoms with van der Waals surface area (Å²) in [6, 6.07) is 9.93. The van der Waals surface area contributed by atoms with Crippen molar-refractivity contribution in [2.24, 2.45) is 0 Å². The third kappa shape index (κ3) is 4.10. The Kier molecular flexibility index (Phi) is 6.27. The van der Waals surface area contributed by atoms with E-state index in [4.69, 9.17) is 22.2 Å². The molecule has 2 aliphatic rings. The summed E-state index contributed by atoms with van der Waals surface area (Å²) in [6.07, 6.45) is -4.40. The number of hydrogen-bond donors (Lipinski definition) is 1. The molecule has 0 radical (unpaired) electrons. The Morgan fingerprint density at radius 1 is 1.26 bits per heavy atom. The zero-order valence-corrected chi connectivity index (χ0v) is 19.9. The molecule has 0 spiro atoms. The van der Waals surface area contributed by atoms with Crippen LogP contribution in [0.4, 0.5) is 24.5 Å². The first-order chi connectivity index (χ1) is 16.0. The van der Waals surface area contributed by atoms with Crippen molar-refractivity contribution >= 4 is 46.4 Å². The van der Waals surface area contributed by atoms with Gasteiger partial charge >= 0.3 is 6.18 Å². The molecule has 1 atom stereocenters. The zero-order valence-electron chi connectivity index (χ0n) is 18.2. The molecule has 178 valence electrons. The molecule has 2 aromatic carbocycles. The molecule has 0 unspecified atom stereocenters. The van der Waals surface area contributed by atoms with Crippen LogP contribution in [0.15, 0.2) is 41.3 Å². The van der Waals surface area contributed by atoms with Gasteiger partial charge in [-0.2, -0.15) is 18.4 Å². The highest BCUT2D eigenvalue weighted by molar-refractivity contribution is 7.99. The quantitative estimate of drug-likeness (QED) is 0.602. The van der Waals surface area contributed by atoms with Crippen molar-refractivity contribution in [3.05, 3.63) is 47.5 Å². The molecule has 2 aromatic rings. The smallest absolute Gasteiger partial charge is 0.417 e. The maximum Gasteiger partial charge on any atom is 0.417 e. The molecule has 11 heteroatoms. The summed E-state index contributed by atoms with van der Waals surface area (Å²) in [4.78, 5) is 16.8. The van der Waals surface area contributed by atoms with E-state index < -0.39 is 28.7 Å². The highest BCUT2D eigenvalue weighted by Gasteiger charge is 2.51. The molecule has 2 aliphatic heterocycles. The first-order valence-corrected chi connectivity index (χ1v) is 11.7. The van der Waals surface area contributed by atoms with Crippen LogP contribution in [0.25, 0.3) is 0 Å². The molecule has 1 fully saturated rings. The van der Waals surface area contributed by atoms with Gasteiger partial charge in [-0.05, 0) is 68.9 Å². The number of aliphatic hydroxyl groups excluding tert-OH is 1. The van der Waals surface area contributed by atoms with Crippen LogP contribution < -0.4 is 14.5 Å². The molecular weight excluding hydrogens is 487 g/mol. The van der Waals surface area contributed by atoms with Crippen LogP contribution in [-0.2, 0) is 11.0 Å². The van der Waals surface area contributed by atoms with Crippen LogP contribution in [-0.4, -0.2) is 40.1 Å². The lowest BCUT2D eigenvalue weighted by Crippen LogP contribution is -2.44. The van der Waals surface area contributed by atoms with E-state index in [-0.39, 0.29) is 23.5 Å². The molecule has 0 aliphatic carbocycles. The third-order valence-electron chi connectivity index (χ3n) is 5.74. The maximum absolute atomic E-state index is 13.5. The molecule has 6 nitrogen and oxygen atoms in total. The number of thiocarbonyl (C=S) groups is 1. The zero-order chi connectivity index (χ0) is 24.8. The predicted molar refractivity (Wildman–Crippen MR) is 126 cm³/mol. The normalized spacial score (nSPS) is 20.0. The molecule has 0 saturated carbocycles. The maximum atomic E-state index is 13.5. The summed E-state index contributed by atoms with van der Waals surface area (Å²) in [5.74, 6) is 0.847. The number of benzene rings is 2. The number of rotatable bonds is 3. The predicted octanol–water partition coefficient (Wildman–Crippen LogP) is 4.73. The number of ether oxygens (including phenoxy) is 1. The van der Waals surface area contributed by atoms with Gasteiger partial charge in [-0.15, -0.1) is 11.8 Å². The number of hydrogen-bond acceptors (Lipinski definition) is 6. The minimum atomic E-state index is -4.76. The number of carbonyl (C=O) groups excluding carboxylic acids is 1. The Morgan fingerprint density at radius 2 is 1.97 bits per heavy atom. The van der Waals surface area contributed by atoms with E-state index in [2.05, 4.69) is 0 Å². The molecule has 0 aromatic heterocycles. The van der Waals surface area contributed by atoms with Gasteiger partial charge in [0.05, 0.1) is 34.4 Å². The Bertz CT molecular complexity index is 1210. The van der Waals surface area contributed by atoms with Crippen LogP contribution in [0.1, 0.15) is 31.4 Å². The van der Waals surface area contributed by atoms with Crippen molar-refractivity contribution in [1.82, 2.24) is 0 Å². The lowest BCUT2D eigenvalue weighted by Gasteiger charge is -2.30. The molecule has 2 heterocycles. The molecule has 1 amide bonds. The number of alkyl halides is 3. The number of carbonyl (C=O) groups is 1. The topological polar surface area (TPSA) is 76.8 Å². The highest BCUT2D eigenvalue weighted by Crippen LogP contribution is 2.42. The van der Waals surface area contributed by atoms with E-state index in [0.717, 1.165) is 27.7 Å². The number of amides is 1. The average molecular weight is 508 g/mol. The standard InChI is InChI=1S/C23H20F3N3O3S2/c1-22(2)20(31)28(14-4-3-13(11-27)17(9-14)23(24,25)26)21(33)29(22)15-5-6-18-19(10-15)34-8-7-16(12-30)32-18/h3-6,9-10,16,30H,7-8,12H2,1-2H3/t16-/m1/s1. The fourth-order valence-corrected chi connectivity index (χ4v) is 5.56. The van der Waals surface area contributed by atoms with Crippen molar-refractivity contribution in [1.29, 1.82) is 5.26 Å². The second-order valence-electron chi connectivity index (χ2n) is 8.35. The first kappa shape index (κ1) is 24.3. The van der Waals surface area contributed by atoms with E-state index in [1.165, 1.54) is 12.1 Å². The number of aliphatic hydroxyl groups is 1. The highest BCUT2D eigenvalue weighted by atomic mass is 32.2. The van der Waals surface area contributed by atoms with Gasteiger partial charge in [0.2, 0.25) is 0 Å². The lowest BCUT2D eigenvalue weighted by atomic mass is 10.0. The van der Waals surface area contributed by atoms with Crippen LogP contribution in [0.5, 0.6) is 5.75 Å². The van der Waals surface area contributed by atoms with Crippen LogP contribution >= 0.6 is 24.0 Å². The van der Waals surface area contributed by atoms with E-state index in [0.29, 0.717) is 17.9 Å². The van der Waals surface area contributed by atoms with Gasteiger partial charge in [-0.25, -0.2) is 0 Å². The second-order valence-corrected chi connectivity index (χ2v) is 9.85. The van der Waals surface area contributed by atoms with Crippen LogP contribution in [0, 0.1) is 11.3 Å². The Balaban J connectivity index is 1.74. The van der Waals surface area contributed by atoms with Crippen molar-refractivity contribution in [3.63, 3.8) is 0 Å². The van der Waals surface area contributed by atoms with E-state index in [1.807, 2.05) is 6.07 Å². The monoisotopic (exact) mass is 507 g/mol. The molecule has 0 bridgehead atoms. The molecule has 34 heavy (non-hydrogen) atoms. The molecule has 4 rings (SSSR count). The number of nitrogens with zero attached hydrogens (tertiary/aromatic N) is 3. The summed E-state index contributed by atoms with van der Waals surface area (Å²) in [5, 5.41) is 18.6. The molecular formula is C23H20F3N3O3S2. The lowest BCUT2D eigenvalue weighted by molar-refractivity contribution is -0.137. The van der Waals surface area contributed by atoms with E-state index in [1.54, 1.807) is 42.6 Å². The number of fused-ring (bicyclic) bond motifs is 1. The summed E-state index contributed by atoms with van der Waals surface area (Å²) in [6.45, 7) is 3.19. The van der Waals surface area contributed by atoms with Crippen molar-refractivity contribution in [3.8, 4) is 11.8 Å². The minimum absolute atomic E-state index is 0.0283. The Morgan fingerprint density at radius 3 is 2.62 bits per heavy atom. The minimum Gasteiger partial charge on any atom is -0.487 e. The number of nitriles is 1. The van der Waals surface area contributed by atoms with Gasteiger partial charge in [0.25, 0.3) is 5.91 Å². The van der Waals surface area contributed by atoms with Gasteiger partial charge in [-0.3, -0.25) is 9.69 Å². The third-order valence-corrected chi connectivity index (χ3v) is 7.17. The largest absolute Gasteiger partial charge is 0.487 e. The van der Waals surface area contributed by atoms with Gasteiger partial charge in [-0.1, -0.05) is 0 Å². The molecule has 1 saturated heterocycles. The Hall–Kier alpha value is -2.81. The fraction of sp³-hybridized carbons (Fsp3) is 0.348. The summed E-state index contributed by atoms with van der Waals surface area (Å²) in [5.41, 5.74) is -2.31. The first-order valence-electron chi connectivity index (χ1n) is 10.3. The van der Waals surface area contributed by atoms with Crippen LogP contribution in [0.3, 0.4) is 0 Å².